The number of esters is 1. The Morgan fingerprint density at radius 2 is 2.19 bits per heavy atom. The number of thiophene rings is 1. The summed E-state index contributed by atoms with van der Waals surface area (Å²) in [6.45, 7) is 3.43. The lowest BCUT2D eigenvalue weighted by atomic mass is 10.2. The minimum absolute atomic E-state index is 0.0169. The van der Waals surface area contributed by atoms with Gasteiger partial charge < -0.3 is 15.0 Å². The third-order valence-corrected chi connectivity index (χ3v) is 6.28. The van der Waals surface area contributed by atoms with Gasteiger partial charge in [-0.25, -0.2) is 4.98 Å². The van der Waals surface area contributed by atoms with Crippen LogP contribution < -0.4 is 10.9 Å². The van der Waals surface area contributed by atoms with Gasteiger partial charge in [0, 0.05) is 16.7 Å². The van der Waals surface area contributed by atoms with E-state index >= 15 is 0 Å². The first kappa shape index (κ1) is 19.9. The van der Waals surface area contributed by atoms with Crippen LogP contribution in [-0.2, 0) is 32.9 Å². The molecule has 0 aliphatic heterocycles. The molecular formula is C18H23N3O4S2. The van der Waals surface area contributed by atoms with Crippen molar-refractivity contribution in [3.63, 3.8) is 0 Å². The lowest BCUT2D eigenvalue weighted by Crippen LogP contribution is -2.34. The topological polar surface area (TPSA) is 101 Å². The van der Waals surface area contributed by atoms with E-state index in [0.29, 0.717) is 17.3 Å². The molecular weight excluding hydrogens is 386 g/mol. The zero-order valence-corrected chi connectivity index (χ0v) is 17.1. The summed E-state index contributed by atoms with van der Waals surface area (Å²) in [6.07, 6.45) is 3.32. The average Bonchev–Trinajstić information content (AvgIpc) is 3.16. The molecule has 0 aromatic carbocycles. The maximum atomic E-state index is 12.4. The Bertz CT molecular complexity index is 904. The van der Waals surface area contributed by atoms with E-state index in [4.69, 9.17) is 4.74 Å². The molecule has 0 saturated carbocycles. The van der Waals surface area contributed by atoms with Gasteiger partial charge >= 0.3 is 5.97 Å². The minimum Gasteiger partial charge on any atom is -0.456 e. The maximum absolute atomic E-state index is 12.4. The number of H-pyrrole nitrogens is 1. The summed E-state index contributed by atoms with van der Waals surface area (Å²) in [5, 5.41) is 3.41. The van der Waals surface area contributed by atoms with Gasteiger partial charge in [0.15, 0.2) is 6.61 Å². The van der Waals surface area contributed by atoms with Crippen molar-refractivity contribution >= 4 is 45.2 Å². The molecule has 0 spiro atoms. The van der Waals surface area contributed by atoms with Crippen molar-refractivity contribution in [2.45, 2.75) is 51.3 Å². The van der Waals surface area contributed by atoms with Crippen LogP contribution in [0.15, 0.2) is 4.79 Å². The van der Waals surface area contributed by atoms with Crippen molar-refractivity contribution in [2.75, 3.05) is 12.4 Å². The average molecular weight is 410 g/mol. The molecule has 0 bridgehead atoms. The molecule has 2 heterocycles. The SMILES string of the molecule is CC(C)NC(=O)COC(=O)CCSCc1nc2sc3c(c2c(=O)[nH]1)CCC3. The summed E-state index contributed by atoms with van der Waals surface area (Å²) in [6, 6.07) is 0.0169. The maximum Gasteiger partial charge on any atom is 0.307 e. The highest BCUT2D eigenvalue weighted by atomic mass is 32.2. The number of fused-ring (bicyclic) bond motifs is 3. The van der Waals surface area contributed by atoms with Crippen LogP contribution in [0.4, 0.5) is 0 Å². The van der Waals surface area contributed by atoms with Crippen LogP contribution in [0.5, 0.6) is 0 Å². The highest BCUT2D eigenvalue weighted by molar-refractivity contribution is 7.98. The van der Waals surface area contributed by atoms with Crippen LogP contribution >= 0.6 is 23.1 Å². The molecule has 146 valence electrons. The van der Waals surface area contributed by atoms with E-state index in [-0.39, 0.29) is 30.5 Å². The Labute approximate surface area is 165 Å². The highest BCUT2D eigenvalue weighted by Gasteiger charge is 2.21. The number of carbonyl (C=O) groups is 2. The smallest absolute Gasteiger partial charge is 0.307 e. The number of amides is 1. The monoisotopic (exact) mass is 409 g/mol. The number of rotatable bonds is 8. The number of hydrogen-bond acceptors (Lipinski definition) is 7. The summed E-state index contributed by atoms with van der Waals surface area (Å²) in [5.41, 5.74) is 1.11. The summed E-state index contributed by atoms with van der Waals surface area (Å²) >= 11 is 3.12. The Morgan fingerprint density at radius 1 is 1.37 bits per heavy atom. The van der Waals surface area contributed by atoms with Crippen LogP contribution in [0.3, 0.4) is 0 Å². The molecule has 0 fully saturated rings. The Morgan fingerprint density at radius 3 is 2.96 bits per heavy atom. The second-order valence-electron chi connectivity index (χ2n) is 6.74. The first-order valence-electron chi connectivity index (χ1n) is 9.00. The minimum atomic E-state index is -0.409. The van der Waals surface area contributed by atoms with Crippen LogP contribution in [-0.4, -0.2) is 40.2 Å². The zero-order chi connectivity index (χ0) is 19.4. The van der Waals surface area contributed by atoms with Crippen LogP contribution in [0.25, 0.3) is 10.2 Å². The van der Waals surface area contributed by atoms with Gasteiger partial charge in [-0.1, -0.05) is 0 Å². The van der Waals surface area contributed by atoms with E-state index in [9.17, 15) is 14.4 Å². The summed E-state index contributed by atoms with van der Waals surface area (Å²) in [7, 11) is 0. The number of hydrogen-bond donors (Lipinski definition) is 2. The second-order valence-corrected chi connectivity index (χ2v) is 8.92. The van der Waals surface area contributed by atoms with Gasteiger partial charge in [0.25, 0.3) is 11.5 Å². The highest BCUT2D eigenvalue weighted by Crippen LogP contribution is 2.34. The molecule has 0 radical (unpaired) electrons. The number of aromatic nitrogens is 2. The molecule has 0 saturated heterocycles. The van der Waals surface area contributed by atoms with Crippen LogP contribution in [0, 0.1) is 0 Å². The van der Waals surface area contributed by atoms with Gasteiger partial charge in [-0.05, 0) is 38.7 Å². The number of nitrogens with one attached hydrogen (secondary N) is 2. The summed E-state index contributed by atoms with van der Waals surface area (Å²) < 4.78 is 4.93. The molecule has 0 atom stereocenters. The van der Waals surface area contributed by atoms with Gasteiger partial charge in [-0.2, -0.15) is 11.8 Å². The molecule has 2 aromatic heterocycles. The molecule has 1 amide bonds. The number of aromatic amines is 1. The normalized spacial score (nSPS) is 13.1. The third kappa shape index (κ3) is 5.10. The van der Waals surface area contributed by atoms with Crippen molar-refractivity contribution in [3.05, 3.63) is 26.6 Å². The van der Waals surface area contributed by atoms with Gasteiger partial charge in [-0.15, -0.1) is 11.3 Å². The van der Waals surface area contributed by atoms with E-state index < -0.39 is 5.97 Å². The Balaban J connectivity index is 1.45. The molecule has 9 heteroatoms. The standard InChI is InChI=1S/C18H23N3O4S2/c1-10(2)19-14(22)8-25-15(23)6-7-26-9-13-20-17(24)16-11-4-3-5-12(11)27-18(16)21-13/h10H,3-9H2,1-2H3,(H,19,22)(H,20,21,24). The van der Waals surface area contributed by atoms with E-state index in [2.05, 4.69) is 15.3 Å². The first-order valence-corrected chi connectivity index (χ1v) is 11.0. The quantitative estimate of drug-likeness (QED) is 0.512. The lowest BCUT2D eigenvalue weighted by Gasteiger charge is -2.08. The molecule has 27 heavy (non-hydrogen) atoms. The summed E-state index contributed by atoms with van der Waals surface area (Å²) in [5.74, 6) is 0.973. The van der Waals surface area contributed by atoms with Gasteiger partial charge in [0.2, 0.25) is 0 Å². The molecule has 0 unspecified atom stereocenters. The van der Waals surface area contributed by atoms with E-state index in [1.165, 1.54) is 22.2 Å². The van der Waals surface area contributed by atoms with Crippen molar-refractivity contribution in [3.8, 4) is 0 Å². The number of thioether (sulfide) groups is 1. The fourth-order valence-electron chi connectivity index (χ4n) is 3.02. The molecule has 3 rings (SSSR count). The van der Waals surface area contributed by atoms with Crippen molar-refractivity contribution in [2.24, 2.45) is 0 Å². The third-order valence-electron chi connectivity index (χ3n) is 4.13. The van der Waals surface area contributed by atoms with Crippen LogP contribution in [0.2, 0.25) is 0 Å². The van der Waals surface area contributed by atoms with Crippen LogP contribution in [0.1, 0.15) is 43.0 Å². The van der Waals surface area contributed by atoms with E-state index in [1.54, 1.807) is 11.3 Å². The van der Waals surface area contributed by atoms with E-state index in [0.717, 1.165) is 29.5 Å². The van der Waals surface area contributed by atoms with Gasteiger partial charge in [-0.3, -0.25) is 14.4 Å². The Hall–Kier alpha value is -1.87. The number of carbonyl (C=O) groups excluding carboxylic acids is 2. The molecule has 1 aliphatic rings. The number of ether oxygens (including phenoxy) is 1. The molecule has 2 aromatic rings. The van der Waals surface area contributed by atoms with Crippen molar-refractivity contribution in [1.82, 2.24) is 15.3 Å². The largest absolute Gasteiger partial charge is 0.456 e. The van der Waals surface area contributed by atoms with E-state index in [1.807, 2.05) is 13.8 Å². The molecule has 1 aliphatic carbocycles. The first-order chi connectivity index (χ1) is 12.9. The number of aryl methyl sites for hydroxylation is 2. The van der Waals surface area contributed by atoms with Crippen molar-refractivity contribution in [1.29, 1.82) is 0 Å². The molecule has 7 nitrogen and oxygen atoms in total. The second kappa shape index (κ2) is 8.88. The van der Waals surface area contributed by atoms with Gasteiger partial charge in [0.1, 0.15) is 10.7 Å². The van der Waals surface area contributed by atoms with Crippen molar-refractivity contribution < 1.29 is 14.3 Å². The number of nitrogens with zero attached hydrogens (tertiary/aromatic N) is 1. The lowest BCUT2D eigenvalue weighted by molar-refractivity contribution is -0.148. The fraction of sp³-hybridized carbons (Fsp3) is 0.556. The summed E-state index contributed by atoms with van der Waals surface area (Å²) in [4.78, 5) is 45.0. The predicted octanol–water partition coefficient (Wildman–Crippen LogP) is 2.16. The zero-order valence-electron chi connectivity index (χ0n) is 15.4. The van der Waals surface area contributed by atoms with Gasteiger partial charge in [0.05, 0.1) is 17.6 Å². The fourth-order valence-corrected chi connectivity index (χ4v) is 5.09. The predicted molar refractivity (Wildman–Crippen MR) is 107 cm³/mol. The molecule has 2 N–H and O–H groups in total. The Kier molecular flexibility index (Phi) is 6.54.